The maximum Gasteiger partial charge on any atom is 0.169 e. The van der Waals surface area contributed by atoms with E-state index in [9.17, 15) is 4.79 Å². The Morgan fingerprint density at radius 2 is 1.81 bits per heavy atom. The van der Waals surface area contributed by atoms with Crippen LogP contribution in [0.25, 0.3) is 6.08 Å². The highest BCUT2D eigenvalue weighted by Crippen LogP contribution is 2.21. The van der Waals surface area contributed by atoms with Gasteiger partial charge in [-0.05, 0) is 36.5 Å². The number of aromatic nitrogens is 1. The van der Waals surface area contributed by atoms with E-state index in [4.69, 9.17) is 0 Å². The zero-order valence-corrected chi connectivity index (χ0v) is 11.6. The molecule has 3 heteroatoms. The number of allylic oxidation sites excluding steroid dienone is 1. The number of aryl methyl sites for hydroxylation is 1. The average molecular weight is 329 g/mol. The van der Waals surface area contributed by atoms with E-state index < -0.39 is 0 Å². The number of rotatable bonds is 1. The Hall–Kier alpha value is -0.710. The molecule has 0 unspecified atom stereocenters. The van der Waals surface area contributed by atoms with Crippen molar-refractivity contribution in [3.8, 4) is 0 Å². The molecule has 0 spiro atoms. The first-order chi connectivity index (χ1) is 7.25. The van der Waals surface area contributed by atoms with Crippen LogP contribution in [-0.4, -0.2) is 5.78 Å². The summed E-state index contributed by atoms with van der Waals surface area (Å²) in [5, 5.41) is 0. The smallest absolute Gasteiger partial charge is 0.169 e. The van der Waals surface area contributed by atoms with Crippen LogP contribution in [0.5, 0.6) is 0 Å². The van der Waals surface area contributed by atoms with E-state index in [1.807, 2.05) is 42.2 Å². The summed E-state index contributed by atoms with van der Waals surface area (Å²) in [5.74, 6) is 0.328. The summed E-state index contributed by atoms with van der Waals surface area (Å²) in [5.41, 5.74) is 2.12. The van der Waals surface area contributed by atoms with Crippen molar-refractivity contribution < 1.29 is 33.3 Å². The van der Waals surface area contributed by atoms with E-state index in [1.54, 1.807) is 0 Å². The number of carbonyl (C=O) groups excluding carboxylic acids is 1. The van der Waals surface area contributed by atoms with Gasteiger partial charge in [-0.3, -0.25) is 4.79 Å². The number of carbonyl (C=O) groups is 1. The molecule has 1 aromatic rings. The Kier molecular flexibility index (Phi) is 5.12. The van der Waals surface area contributed by atoms with Crippen molar-refractivity contribution in [3.63, 3.8) is 0 Å². The molecule has 1 heterocycles. The van der Waals surface area contributed by atoms with Crippen LogP contribution >= 0.6 is 0 Å². The van der Waals surface area contributed by atoms with Gasteiger partial charge in [0.2, 0.25) is 0 Å². The van der Waals surface area contributed by atoms with Crippen LogP contribution < -0.4 is 28.5 Å². The minimum atomic E-state index is 0. The third-order valence-corrected chi connectivity index (χ3v) is 2.80. The summed E-state index contributed by atoms with van der Waals surface area (Å²) in [6.07, 6.45) is 9.91. The molecule has 0 saturated heterocycles. The fraction of sp³-hybridized carbons (Fsp3) is 0.385. The summed E-state index contributed by atoms with van der Waals surface area (Å²) < 4.78 is 1.99. The van der Waals surface area contributed by atoms with E-state index in [-0.39, 0.29) is 24.0 Å². The molecule has 0 bridgehead atoms. The van der Waals surface area contributed by atoms with Gasteiger partial charge in [-0.2, -0.15) is 0 Å². The molecule has 1 aliphatic carbocycles. The molecular weight excluding hydrogens is 313 g/mol. The third kappa shape index (κ3) is 3.40. The van der Waals surface area contributed by atoms with Gasteiger partial charge in [-0.15, -0.1) is 0 Å². The van der Waals surface area contributed by atoms with E-state index in [1.165, 1.54) is 0 Å². The zero-order valence-electron chi connectivity index (χ0n) is 9.45. The number of halogens is 1. The Bertz CT molecular complexity index is 395. The molecule has 16 heavy (non-hydrogen) atoms. The maximum absolute atomic E-state index is 11.6. The van der Waals surface area contributed by atoms with Gasteiger partial charge in [0.05, 0.1) is 0 Å². The number of hydrogen-bond donors (Lipinski definition) is 0. The summed E-state index contributed by atoms with van der Waals surface area (Å²) in [6.45, 7) is 0. The van der Waals surface area contributed by atoms with Gasteiger partial charge in [-0.25, -0.2) is 4.57 Å². The molecule has 2 nitrogen and oxygen atoms in total. The molecule has 0 radical (unpaired) electrons. The van der Waals surface area contributed by atoms with Crippen LogP contribution in [0.1, 0.15) is 31.2 Å². The third-order valence-electron chi connectivity index (χ3n) is 2.80. The van der Waals surface area contributed by atoms with Crippen molar-refractivity contribution in [2.24, 2.45) is 7.05 Å². The second-order valence-electron chi connectivity index (χ2n) is 4.10. The zero-order chi connectivity index (χ0) is 10.7. The largest absolute Gasteiger partial charge is 1.00 e. The van der Waals surface area contributed by atoms with Crippen molar-refractivity contribution in [3.05, 3.63) is 35.7 Å². The highest BCUT2D eigenvalue weighted by atomic mass is 127. The summed E-state index contributed by atoms with van der Waals surface area (Å²) in [4.78, 5) is 11.6. The Morgan fingerprint density at radius 3 is 2.44 bits per heavy atom. The molecule has 0 atom stereocenters. The first-order valence-electron chi connectivity index (χ1n) is 5.45. The number of hydrogen-bond acceptors (Lipinski definition) is 1. The minimum Gasteiger partial charge on any atom is -1.00 e. The highest BCUT2D eigenvalue weighted by Gasteiger charge is 2.14. The van der Waals surface area contributed by atoms with Crippen LogP contribution in [0, 0.1) is 0 Å². The van der Waals surface area contributed by atoms with Gasteiger partial charge in [0, 0.05) is 18.6 Å². The summed E-state index contributed by atoms with van der Waals surface area (Å²) >= 11 is 0. The predicted octanol–water partition coefficient (Wildman–Crippen LogP) is -0.958. The van der Waals surface area contributed by atoms with Gasteiger partial charge in [0.1, 0.15) is 7.05 Å². The lowest BCUT2D eigenvalue weighted by atomic mass is 9.92. The molecule has 1 saturated carbocycles. The quantitative estimate of drug-likeness (QED) is 0.369. The standard InChI is InChI=1S/C13H16NO.HI/c1-14-8-6-11(7-9-14)10-12-4-2-3-5-13(12)15;/h6-10H,2-5H2,1H3;1H/q+1;/p-1/b12-10+;. The molecule has 1 fully saturated rings. The number of nitrogens with zero attached hydrogens (tertiary/aromatic N) is 1. The van der Waals surface area contributed by atoms with Crippen molar-refractivity contribution >= 4 is 11.9 Å². The van der Waals surface area contributed by atoms with Crippen molar-refractivity contribution in [2.45, 2.75) is 25.7 Å². The average Bonchev–Trinajstić information content (AvgIpc) is 2.25. The maximum atomic E-state index is 11.6. The molecule has 0 aliphatic heterocycles. The van der Waals surface area contributed by atoms with Crippen LogP contribution in [0.3, 0.4) is 0 Å². The number of ketones is 1. The number of Topliss-reactive ketones (excluding diaryl/α,β-unsaturated/α-hetero) is 1. The fourth-order valence-electron chi connectivity index (χ4n) is 1.86. The summed E-state index contributed by atoms with van der Waals surface area (Å²) in [7, 11) is 1.99. The van der Waals surface area contributed by atoms with Crippen molar-refractivity contribution in [2.75, 3.05) is 0 Å². The Labute approximate surface area is 113 Å². The van der Waals surface area contributed by atoms with Crippen molar-refractivity contribution in [1.82, 2.24) is 0 Å². The van der Waals surface area contributed by atoms with Gasteiger partial charge < -0.3 is 24.0 Å². The van der Waals surface area contributed by atoms with E-state index >= 15 is 0 Å². The molecule has 2 rings (SSSR count). The fourth-order valence-corrected chi connectivity index (χ4v) is 1.86. The van der Waals surface area contributed by atoms with Gasteiger partial charge in [0.25, 0.3) is 0 Å². The molecule has 1 aromatic heterocycles. The van der Waals surface area contributed by atoms with Crippen LogP contribution in [0.15, 0.2) is 30.1 Å². The summed E-state index contributed by atoms with van der Waals surface area (Å²) in [6, 6.07) is 4.07. The highest BCUT2D eigenvalue weighted by molar-refractivity contribution is 6.00. The molecule has 86 valence electrons. The predicted molar refractivity (Wildman–Crippen MR) is 59.1 cm³/mol. The lowest BCUT2D eigenvalue weighted by Crippen LogP contribution is -3.00. The first-order valence-corrected chi connectivity index (χ1v) is 5.45. The van der Waals surface area contributed by atoms with E-state index in [2.05, 4.69) is 0 Å². The second-order valence-corrected chi connectivity index (χ2v) is 4.10. The van der Waals surface area contributed by atoms with Crippen LogP contribution in [0.4, 0.5) is 0 Å². The van der Waals surface area contributed by atoms with Gasteiger partial charge >= 0.3 is 0 Å². The monoisotopic (exact) mass is 329 g/mol. The molecule has 0 amide bonds. The first kappa shape index (κ1) is 13.4. The topological polar surface area (TPSA) is 20.9 Å². The van der Waals surface area contributed by atoms with Crippen molar-refractivity contribution in [1.29, 1.82) is 0 Å². The lowest BCUT2D eigenvalue weighted by Gasteiger charge is -2.11. The SMILES string of the molecule is C[n+]1ccc(/C=C2\CCCCC2=O)cc1.[I-]. The molecule has 0 aromatic carbocycles. The van der Waals surface area contributed by atoms with Gasteiger partial charge in [0.15, 0.2) is 18.2 Å². The van der Waals surface area contributed by atoms with Crippen LogP contribution in [-0.2, 0) is 11.8 Å². The Balaban J connectivity index is 0.00000128. The molecule has 1 aliphatic rings. The lowest BCUT2D eigenvalue weighted by molar-refractivity contribution is -0.671. The number of pyridine rings is 1. The van der Waals surface area contributed by atoms with E-state index in [0.717, 1.165) is 36.8 Å². The van der Waals surface area contributed by atoms with E-state index in [0.29, 0.717) is 5.78 Å². The normalized spacial score (nSPS) is 18.3. The van der Waals surface area contributed by atoms with Gasteiger partial charge in [-0.1, -0.05) is 0 Å². The van der Waals surface area contributed by atoms with Crippen LogP contribution in [0.2, 0.25) is 0 Å². The Morgan fingerprint density at radius 1 is 1.19 bits per heavy atom. The minimum absolute atomic E-state index is 0. The molecule has 0 N–H and O–H groups in total. The second kappa shape index (κ2) is 6.13. The molecular formula is C13H16INO.